The quantitative estimate of drug-likeness (QED) is 0.658. The summed E-state index contributed by atoms with van der Waals surface area (Å²) in [7, 11) is -3.60. The van der Waals surface area contributed by atoms with Gasteiger partial charge in [0.15, 0.2) is 0 Å². The number of carbonyl (C=O) groups is 1. The van der Waals surface area contributed by atoms with Crippen molar-refractivity contribution in [3.8, 4) is 0 Å². The second-order valence-corrected chi connectivity index (χ2v) is 7.75. The fourth-order valence-electron chi connectivity index (χ4n) is 1.77. The van der Waals surface area contributed by atoms with Crippen LogP contribution in [0.5, 0.6) is 0 Å². The number of carbonyl (C=O) groups excluding carboxylic acids is 1. The van der Waals surface area contributed by atoms with Crippen LogP contribution in [0.4, 0.5) is 26.3 Å². The SMILES string of the molecule is C[S@@](=O)(=NC(=O)c1ncc(C(F)(F)F)cc1Cl)c1ccc(C(F)(F)F)cn1. The largest absolute Gasteiger partial charge is 0.417 e. The van der Waals surface area contributed by atoms with Crippen LogP contribution >= 0.6 is 11.6 Å². The van der Waals surface area contributed by atoms with Gasteiger partial charge in [-0.3, -0.25) is 4.79 Å². The molecule has 2 heterocycles. The summed E-state index contributed by atoms with van der Waals surface area (Å²) in [4.78, 5) is 18.7. The Hall–Kier alpha value is -2.21. The highest BCUT2D eigenvalue weighted by atomic mass is 35.5. The molecule has 0 saturated heterocycles. The van der Waals surface area contributed by atoms with E-state index in [0.717, 1.165) is 12.3 Å². The molecule has 0 saturated carbocycles. The highest BCUT2D eigenvalue weighted by molar-refractivity contribution is 7.93. The van der Waals surface area contributed by atoms with Crippen molar-refractivity contribution in [2.45, 2.75) is 17.4 Å². The number of hydrogen-bond donors (Lipinski definition) is 0. The first-order valence-electron chi connectivity index (χ1n) is 6.74. The van der Waals surface area contributed by atoms with Gasteiger partial charge in [0.25, 0.3) is 0 Å². The van der Waals surface area contributed by atoms with Crippen LogP contribution in [-0.4, -0.2) is 26.3 Å². The zero-order valence-corrected chi connectivity index (χ0v) is 14.7. The Kier molecular flexibility index (Phi) is 5.53. The van der Waals surface area contributed by atoms with E-state index in [1.54, 1.807) is 0 Å². The summed E-state index contributed by atoms with van der Waals surface area (Å²) in [6.07, 6.45) is -7.70. The van der Waals surface area contributed by atoms with Crippen molar-refractivity contribution < 1.29 is 35.3 Å². The van der Waals surface area contributed by atoms with Gasteiger partial charge in [0.1, 0.15) is 10.7 Å². The minimum atomic E-state index is -4.74. The van der Waals surface area contributed by atoms with Crippen molar-refractivity contribution in [3.63, 3.8) is 0 Å². The van der Waals surface area contributed by atoms with Crippen molar-refractivity contribution in [2.24, 2.45) is 4.36 Å². The lowest BCUT2D eigenvalue weighted by Gasteiger charge is -2.09. The number of hydrogen-bond acceptors (Lipinski definition) is 4. The predicted octanol–water partition coefficient (Wildman–Crippen LogP) is 4.46. The molecule has 27 heavy (non-hydrogen) atoms. The lowest BCUT2D eigenvalue weighted by Crippen LogP contribution is -2.11. The van der Waals surface area contributed by atoms with Crippen LogP contribution in [0.25, 0.3) is 0 Å². The van der Waals surface area contributed by atoms with Crippen LogP contribution in [0.3, 0.4) is 0 Å². The molecule has 0 radical (unpaired) electrons. The van der Waals surface area contributed by atoms with E-state index < -0.39 is 54.9 Å². The molecule has 146 valence electrons. The minimum Gasteiger partial charge on any atom is -0.264 e. The Morgan fingerprint density at radius 1 is 1.04 bits per heavy atom. The van der Waals surface area contributed by atoms with Crippen LogP contribution in [0, 0.1) is 0 Å². The smallest absolute Gasteiger partial charge is 0.264 e. The van der Waals surface area contributed by atoms with Gasteiger partial charge in [-0.25, -0.2) is 14.2 Å². The molecule has 0 aliphatic heterocycles. The van der Waals surface area contributed by atoms with Gasteiger partial charge in [-0.05, 0) is 18.2 Å². The van der Waals surface area contributed by atoms with E-state index >= 15 is 0 Å². The van der Waals surface area contributed by atoms with E-state index in [1.165, 1.54) is 0 Å². The number of aromatic nitrogens is 2. The van der Waals surface area contributed by atoms with E-state index in [1.807, 2.05) is 0 Å². The number of alkyl halides is 6. The Morgan fingerprint density at radius 3 is 2.04 bits per heavy atom. The van der Waals surface area contributed by atoms with Gasteiger partial charge in [-0.1, -0.05) is 11.6 Å². The molecule has 0 fully saturated rings. The van der Waals surface area contributed by atoms with Crippen LogP contribution in [0.1, 0.15) is 21.6 Å². The molecular weight excluding hydrogens is 424 g/mol. The lowest BCUT2D eigenvalue weighted by atomic mass is 10.2. The van der Waals surface area contributed by atoms with Crippen LogP contribution in [0.15, 0.2) is 40.0 Å². The first-order valence-corrected chi connectivity index (χ1v) is 9.04. The fourth-order valence-corrected chi connectivity index (χ4v) is 3.08. The molecule has 2 aromatic heterocycles. The monoisotopic (exact) mass is 431 g/mol. The second kappa shape index (κ2) is 7.08. The molecule has 0 aliphatic rings. The van der Waals surface area contributed by atoms with E-state index in [0.29, 0.717) is 24.5 Å². The van der Waals surface area contributed by atoms with E-state index in [2.05, 4.69) is 14.3 Å². The number of rotatable bonds is 2. The van der Waals surface area contributed by atoms with Gasteiger partial charge in [0.2, 0.25) is 0 Å². The summed E-state index contributed by atoms with van der Waals surface area (Å²) in [6, 6.07) is 1.84. The third-order valence-corrected chi connectivity index (χ3v) is 4.90. The van der Waals surface area contributed by atoms with Crippen molar-refractivity contribution in [1.29, 1.82) is 0 Å². The average Bonchev–Trinajstić information content (AvgIpc) is 2.52. The molecular formula is C14H8ClF6N3O2S. The van der Waals surface area contributed by atoms with Gasteiger partial charge in [0.05, 0.1) is 25.9 Å². The standard InChI is InChI=1S/C14H8ClF6N3O2S/c1-27(26,10-3-2-7(5-22-10)13(16,17)18)24-12(25)11-9(15)4-8(6-23-11)14(19,20)21/h2-6H,1H3/t27-/m0/s1. The van der Waals surface area contributed by atoms with Gasteiger partial charge in [-0.15, -0.1) is 0 Å². The maximum absolute atomic E-state index is 12.6. The summed E-state index contributed by atoms with van der Waals surface area (Å²) in [5, 5.41) is -1.10. The van der Waals surface area contributed by atoms with E-state index in [9.17, 15) is 35.3 Å². The average molecular weight is 432 g/mol. The minimum absolute atomic E-state index is 0.350. The summed E-state index contributed by atoms with van der Waals surface area (Å²) in [5.41, 5.74) is -2.99. The highest BCUT2D eigenvalue weighted by Gasteiger charge is 2.33. The van der Waals surface area contributed by atoms with Gasteiger partial charge in [0, 0.05) is 18.6 Å². The predicted molar refractivity (Wildman–Crippen MR) is 82.6 cm³/mol. The first kappa shape index (κ1) is 21.1. The Labute approximate surface area is 153 Å². The fraction of sp³-hybridized carbons (Fsp3) is 0.214. The Morgan fingerprint density at radius 2 is 1.59 bits per heavy atom. The van der Waals surface area contributed by atoms with Gasteiger partial charge >= 0.3 is 18.3 Å². The molecule has 0 aliphatic carbocycles. The molecule has 2 rings (SSSR count). The molecule has 2 aromatic rings. The van der Waals surface area contributed by atoms with Gasteiger partial charge < -0.3 is 0 Å². The summed E-state index contributed by atoms with van der Waals surface area (Å²) < 4.78 is 91.1. The maximum Gasteiger partial charge on any atom is 0.417 e. The number of nitrogens with zero attached hydrogens (tertiary/aromatic N) is 3. The molecule has 0 unspecified atom stereocenters. The highest BCUT2D eigenvalue weighted by Crippen LogP contribution is 2.31. The molecule has 1 atom stereocenters. The van der Waals surface area contributed by atoms with Crippen molar-refractivity contribution in [3.05, 3.63) is 52.4 Å². The summed E-state index contributed by atoms with van der Waals surface area (Å²) in [5.74, 6) is -1.30. The van der Waals surface area contributed by atoms with E-state index in [4.69, 9.17) is 11.6 Å². The molecule has 5 nitrogen and oxygen atoms in total. The first-order chi connectivity index (χ1) is 12.2. The van der Waals surface area contributed by atoms with Crippen LogP contribution in [0.2, 0.25) is 5.02 Å². The van der Waals surface area contributed by atoms with Crippen LogP contribution in [-0.2, 0) is 22.1 Å². The maximum atomic E-state index is 12.6. The van der Waals surface area contributed by atoms with Crippen molar-refractivity contribution in [2.75, 3.05) is 6.26 Å². The summed E-state index contributed by atoms with van der Waals surface area (Å²) in [6.45, 7) is 0. The Balaban J connectivity index is 2.39. The van der Waals surface area contributed by atoms with E-state index in [-0.39, 0.29) is 0 Å². The molecule has 0 aromatic carbocycles. The molecule has 1 amide bonds. The number of halogens is 7. The van der Waals surface area contributed by atoms with Crippen molar-refractivity contribution in [1.82, 2.24) is 9.97 Å². The van der Waals surface area contributed by atoms with Crippen LogP contribution < -0.4 is 0 Å². The number of amides is 1. The zero-order valence-electron chi connectivity index (χ0n) is 13.1. The zero-order chi connectivity index (χ0) is 20.6. The lowest BCUT2D eigenvalue weighted by molar-refractivity contribution is -0.138. The number of pyridine rings is 2. The topological polar surface area (TPSA) is 72.3 Å². The molecule has 13 heteroatoms. The molecule has 0 N–H and O–H groups in total. The normalized spacial score (nSPS) is 14.5. The van der Waals surface area contributed by atoms with Crippen molar-refractivity contribution >= 4 is 27.2 Å². The molecule has 0 spiro atoms. The Bertz CT molecular complexity index is 995. The third-order valence-electron chi connectivity index (χ3n) is 3.08. The third kappa shape index (κ3) is 4.95. The second-order valence-electron chi connectivity index (χ2n) is 5.13. The van der Waals surface area contributed by atoms with Gasteiger partial charge in [-0.2, -0.15) is 30.7 Å². The summed E-state index contributed by atoms with van der Waals surface area (Å²) >= 11 is 5.60. The molecule has 0 bridgehead atoms.